The predicted octanol–water partition coefficient (Wildman–Crippen LogP) is 3.39. The van der Waals surface area contributed by atoms with Crippen LogP contribution in [0.5, 0.6) is 0 Å². The van der Waals surface area contributed by atoms with Gasteiger partial charge in [0.1, 0.15) is 0 Å². The molecule has 0 spiro atoms. The molecule has 1 N–H and O–H groups in total. The summed E-state index contributed by atoms with van der Waals surface area (Å²) in [7, 11) is 0. The molecule has 2 aromatic heterocycles. The van der Waals surface area contributed by atoms with Crippen LogP contribution in [0.15, 0.2) is 11.4 Å². The Balaban J connectivity index is 2.54. The molecule has 0 radical (unpaired) electrons. The molecule has 0 amide bonds. The van der Waals surface area contributed by atoms with Crippen molar-refractivity contribution in [2.24, 2.45) is 0 Å². The molecule has 0 saturated carbocycles. The number of nitrogens with one attached hydrogen (secondary N) is 1. The van der Waals surface area contributed by atoms with E-state index in [1.54, 1.807) is 11.3 Å². The highest BCUT2D eigenvalue weighted by atomic mass is 32.1. The Morgan fingerprint density at radius 3 is 3.00 bits per heavy atom. The van der Waals surface area contributed by atoms with Crippen LogP contribution in [0, 0.1) is 11.7 Å². The molecule has 0 atom stereocenters. The van der Waals surface area contributed by atoms with Gasteiger partial charge in [-0.1, -0.05) is 6.92 Å². The van der Waals surface area contributed by atoms with E-state index in [9.17, 15) is 0 Å². The molecule has 3 nitrogen and oxygen atoms in total. The number of aromatic nitrogens is 3. The van der Waals surface area contributed by atoms with Crippen molar-refractivity contribution in [2.45, 2.75) is 26.8 Å². The quantitative estimate of drug-likeness (QED) is 0.833. The van der Waals surface area contributed by atoms with Crippen LogP contribution in [0.3, 0.4) is 0 Å². The van der Waals surface area contributed by atoms with E-state index in [2.05, 4.69) is 40.1 Å². The van der Waals surface area contributed by atoms with Gasteiger partial charge in [-0.2, -0.15) is 5.10 Å². The van der Waals surface area contributed by atoms with Crippen LogP contribution < -0.4 is 0 Å². The van der Waals surface area contributed by atoms with Gasteiger partial charge < -0.3 is 0 Å². The zero-order valence-corrected chi connectivity index (χ0v) is 10.4. The maximum atomic E-state index is 5.21. The molecule has 2 heterocycles. The van der Waals surface area contributed by atoms with Crippen molar-refractivity contribution in [3.05, 3.63) is 21.8 Å². The molecule has 0 saturated heterocycles. The molecule has 2 rings (SSSR count). The van der Waals surface area contributed by atoms with Gasteiger partial charge in [-0.25, -0.2) is 0 Å². The Morgan fingerprint density at radius 1 is 1.60 bits per heavy atom. The topological polar surface area (TPSA) is 33.6 Å². The lowest BCUT2D eigenvalue weighted by Crippen LogP contribution is -1.99. The van der Waals surface area contributed by atoms with Crippen molar-refractivity contribution in [3.63, 3.8) is 0 Å². The zero-order chi connectivity index (χ0) is 10.8. The standard InChI is InChI=1S/C10H13N3S2/c1-3-5-13-9(11-12-10(13)14)8-7(2)4-6-15-8/h4,6H,3,5H2,1-2H3,(H,12,14). The summed E-state index contributed by atoms with van der Waals surface area (Å²) >= 11 is 6.91. The van der Waals surface area contributed by atoms with Gasteiger partial charge in [0.2, 0.25) is 0 Å². The molecule has 15 heavy (non-hydrogen) atoms. The number of aryl methyl sites for hydroxylation is 1. The molecular formula is C10H13N3S2. The Labute approximate surface area is 97.8 Å². The highest BCUT2D eigenvalue weighted by molar-refractivity contribution is 7.71. The van der Waals surface area contributed by atoms with Crippen LogP contribution in [0.1, 0.15) is 18.9 Å². The van der Waals surface area contributed by atoms with Gasteiger partial charge in [-0.15, -0.1) is 11.3 Å². The fourth-order valence-corrected chi connectivity index (χ4v) is 2.67. The Hall–Kier alpha value is -0.940. The maximum Gasteiger partial charge on any atom is 0.195 e. The zero-order valence-electron chi connectivity index (χ0n) is 8.78. The highest BCUT2D eigenvalue weighted by Crippen LogP contribution is 2.27. The Kier molecular flexibility index (Phi) is 3.02. The number of hydrogen-bond acceptors (Lipinski definition) is 3. The smallest absolute Gasteiger partial charge is 0.195 e. The average molecular weight is 239 g/mol. The van der Waals surface area contributed by atoms with E-state index in [4.69, 9.17) is 12.2 Å². The minimum atomic E-state index is 0.708. The molecule has 0 unspecified atom stereocenters. The van der Waals surface area contributed by atoms with Crippen LogP contribution in [-0.4, -0.2) is 14.8 Å². The van der Waals surface area contributed by atoms with E-state index < -0.39 is 0 Å². The molecule has 0 aromatic carbocycles. The third kappa shape index (κ3) is 1.89. The number of rotatable bonds is 3. The number of thiophene rings is 1. The van der Waals surface area contributed by atoms with Gasteiger partial charge in [0.25, 0.3) is 0 Å². The summed E-state index contributed by atoms with van der Waals surface area (Å²) in [5.41, 5.74) is 1.26. The first-order chi connectivity index (χ1) is 7.24. The van der Waals surface area contributed by atoms with Gasteiger partial charge in [0, 0.05) is 6.54 Å². The number of hydrogen-bond donors (Lipinski definition) is 1. The van der Waals surface area contributed by atoms with Crippen molar-refractivity contribution in [1.29, 1.82) is 0 Å². The minimum absolute atomic E-state index is 0.708. The van der Waals surface area contributed by atoms with Gasteiger partial charge in [-0.3, -0.25) is 9.67 Å². The molecule has 0 aliphatic rings. The predicted molar refractivity (Wildman–Crippen MR) is 65.8 cm³/mol. The van der Waals surface area contributed by atoms with Crippen molar-refractivity contribution in [2.75, 3.05) is 0 Å². The third-order valence-electron chi connectivity index (χ3n) is 2.27. The normalized spacial score (nSPS) is 10.8. The van der Waals surface area contributed by atoms with Crippen LogP contribution >= 0.6 is 23.6 Å². The fraction of sp³-hybridized carbons (Fsp3) is 0.400. The Bertz CT molecular complexity index is 507. The van der Waals surface area contributed by atoms with E-state index in [0.29, 0.717) is 4.77 Å². The molecule has 5 heteroatoms. The summed E-state index contributed by atoms with van der Waals surface area (Å²) in [5.74, 6) is 0.967. The van der Waals surface area contributed by atoms with Crippen LogP contribution in [0.2, 0.25) is 0 Å². The number of aromatic amines is 1. The largest absolute Gasteiger partial charge is 0.299 e. The lowest BCUT2D eigenvalue weighted by molar-refractivity contribution is 0.675. The molecule has 0 aliphatic heterocycles. The molecule has 0 fully saturated rings. The second-order valence-electron chi connectivity index (χ2n) is 3.44. The first-order valence-electron chi connectivity index (χ1n) is 4.93. The molecule has 0 aliphatic carbocycles. The SMILES string of the molecule is CCCn1c(-c2sccc2C)n[nH]c1=S. The van der Waals surface area contributed by atoms with E-state index >= 15 is 0 Å². The summed E-state index contributed by atoms with van der Waals surface area (Å²) < 4.78 is 2.77. The molecule has 2 aromatic rings. The van der Waals surface area contributed by atoms with Crippen LogP contribution in [0.4, 0.5) is 0 Å². The molecule has 80 valence electrons. The molecule has 0 bridgehead atoms. The van der Waals surface area contributed by atoms with Crippen molar-refractivity contribution in [3.8, 4) is 10.7 Å². The summed E-state index contributed by atoms with van der Waals surface area (Å²) in [6.45, 7) is 5.15. The van der Waals surface area contributed by atoms with Gasteiger partial charge in [0.15, 0.2) is 10.6 Å². The van der Waals surface area contributed by atoms with Gasteiger partial charge >= 0.3 is 0 Å². The highest BCUT2D eigenvalue weighted by Gasteiger charge is 2.11. The third-order valence-corrected chi connectivity index (χ3v) is 3.59. The van der Waals surface area contributed by atoms with E-state index in [1.807, 2.05) is 0 Å². The second kappa shape index (κ2) is 4.28. The van der Waals surface area contributed by atoms with E-state index in [-0.39, 0.29) is 0 Å². The lowest BCUT2D eigenvalue weighted by atomic mass is 10.3. The number of H-pyrrole nitrogens is 1. The van der Waals surface area contributed by atoms with Crippen LogP contribution in [-0.2, 0) is 6.54 Å². The first-order valence-corrected chi connectivity index (χ1v) is 6.22. The summed E-state index contributed by atoms with van der Waals surface area (Å²) in [6, 6.07) is 2.11. The van der Waals surface area contributed by atoms with Gasteiger partial charge in [-0.05, 0) is 42.6 Å². The first kappa shape index (κ1) is 10.6. The number of nitrogens with zero attached hydrogens (tertiary/aromatic N) is 2. The van der Waals surface area contributed by atoms with Crippen molar-refractivity contribution >= 4 is 23.6 Å². The van der Waals surface area contributed by atoms with E-state index in [1.165, 1.54) is 10.4 Å². The minimum Gasteiger partial charge on any atom is -0.299 e. The summed E-state index contributed by atoms with van der Waals surface area (Å²) in [6.07, 6.45) is 1.06. The van der Waals surface area contributed by atoms with Crippen molar-refractivity contribution < 1.29 is 0 Å². The summed E-state index contributed by atoms with van der Waals surface area (Å²) in [5, 5.41) is 9.24. The van der Waals surface area contributed by atoms with Crippen molar-refractivity contribution in [1.82, 2.24) is 14.8 Å². The average Bonchev–Trinajstić information content (AvgIpc) is 2.76. The fourth-order valence-electron chi connectivity index (χ4n) is 1.52. The Morgan fingerprint density at radius 2 is 2.40 bits per heavy atom. The van der Waals surface area contributed by atoms with Crippen LogP contribution in [0.25, 0.3) is 10.7 Å². The van der Waals surface area contributed by atoms with Gasteiger partial charge in [0.05, 0.1) is 4.88 Å². The second-order valence-corrected chi connectivity index (χ2v) is 4.74. The molecular weight excluding hydrogens is 226 g/mol. The van der Waals surface area contributed by atoms with E-state index in [0.717, 1.165) is 18.8 Å². The summed E-state index contributed by atoms with van der Waals surface area (Å²) in [4.78, 5) is 1.20. The monoisotopic (exact) mass is 239 g/mol. The lowest BCUT2D eigenvalue weighted by Gasteiger charge is -2.03. The maximum absolute atomic E-state index is 5.21.